The normalized spacial score (nSPS) is 22.3. The molecule has 3 fully saturated rings. The van der Waals surface area contributed by atoms with Crippen molar-refractivity contribution in [2.75, 3.05) is 25.1 Å². The zero-order chi connectivity index (χ0) is 27.5. The molecule has 0 radical (unpaired) electrons. The molecule has 0 spiro atoms. The van der Waals surface area contributed by atoms with Gasteiger partial charge in [0.1, 0.15) is 11.5 Å². The van der Waals surface area contributed by atoms with Gasteiger partial charge in [-0.3, -0.25) is 0 Å². The van der Waals surface area contributed by atoms with Crippen molar-refractivity contribution in [1.29, 1.82) is 0 Å². The highest BCUT2D eigenvalue weighted by molar-refractivity contribution is 7.22. The highest BCUT2D eigenvalue weighted by atomic mass is 35.5. The predicted octanol–water partition coefficient (Wildman–Crippen LogP) is 7.66. The van der Waals surface area contributed by atoms with Crippen LogP contribution in [0.25, 0.3) is 21.5 Å². The summed E-state index contributed by atoms with van der Waals surface area (Å²) in [7, 11) is 1.41. The van der Waals surface area contributed by atoms with Crippen LogP contribution in [0.4, 0.5) is 5.13 Å². The summed E-state index contributed by atoms with van der Waals surface area (Å²) in [5.41, 5.74) is 4.91. The Labute approximate surface area is 246 Å². The Bertz CT molecular complexity index is 1580. The van der Waals surface area contributed by atoms with Crippen molar-refractivity contribution in [3.05, 3.63) is 62.8 Å². The Balaban J connectivity index is 1.04. The fourth-order valence-corrected chi connectivity index (χ4v) is 8.02. The lowest BCUT2D eigenvalue weighted by molar-refractivity contribution is 0.0403. The molecule has 0 bridgehead atoms. The molecular weight excluding hydrogens is 569 g/mol. The minimum Gasteiger partial charge on any atom is -0.465 e. The number of carbonyl (C=O) groups excluding carboxylic acids is 1. The second kappa shape index (κ2) is 10.3. The van der Waals surface area contributed by atoms with E-state index < -0.39 is 0 Å². The SMILES string of the molecule is COC(=O)c1cc(C)c2nc(N3C[C@H]4C[C@H](OCc5c(-c6c(Cl)cccc6Cl)noc5C5CC5)C[C@H]4C3)sc2c1. The van der Waals surface area contributed by atoms with E-state index in [-0.39, 0.29) is 12.1 Å². The van der Waals surface area contributed by atoms with Gasteiger partial charge < -0.3 is 18.9 Å². The van der Waals surface area contributed by atoms with Crippen LogP contribution in [0.1, 0.15) is 58.8 Å². The molecule has 1 saturated heterocycles. The number of hydrogen-bond donors (Lipinski definition) is 0. The number of methoxy groups -OCH3 is 1. The number of halogens is 2. The van der Waals surface area contributed by atoms with Gasteiger partial charge in [0.25, 0.3) is 0 Å². The van der Waals surface area contributed by atoms with Crippen molar-refractivity contribution in [3.63, 3.8) is 0 Å². The van der Waals surface area contributed by atoms with Crippen LogP contribution in [0.15, 0.2) is 34.9 Å². The second-order valence-corrected chi connectivity index (χ2v) is 13.0. The average Bonchev–Trinajstić information content (AvgIpc) is 3.24. The molecule has 3 atom stereocenters. The predicted molar refractivity (Wildman–Crippen MR) is 157 cm³/mol. The lowest BCUT2D eigenvalue weighted by Gasteiger charge is -2.19. The standard InChI is InChI=1S/C30H29Cl2N3O4S/c1-15-8-17(29(36)37-2)11-24-26(15)33-30(40-24)35-12-18-9-20(10-19(18)13-35)38-14-21-27(34-39-28(21)16-6-7-16)25-22(31)4-3-5-23(25)32/h3-5,8,11,16,18-20H,6-7,9-10,12-14H2,1-2H3/t18-,19+,20+. The van der Waals surface area contributed by atoms with Crippen LogP contribution in [0.3, 0.4) is 0 Å². The average molecular weight is 599 g/mol. The fraction of sp³-hybridized carbons (Fsp3) is 0.433. The fourth-order valence-electron chi connectivity index (χ4n) is 6.34. The first-order valence-corrected chi connectivity index (χ1v) is 15.3. The molecule has 3 heterocycles. The van der Waals surface area contributed by atoms with E-state index in [1.807, 2.05) is 37.3 Å². The van der Waals surface area contributed by atoms with Crippen LogP contribution in [-0.2, 0) is 16.1 Å². The Morgan fingerprint density at radius 1 is 1.15 bits per heavy atom. The summed E-state index contributed by atoms with van der Waals surface area (Å²) in [6.07, 6.45) is 4.44. The van der Waals surface area contributed by atoms with Crippen LogP contribution in [0.2, 0.25) is 10.0 Å². The molecule has 2 aromatic carbocycles. The largest absolute Gasteiger partial charge is 0.465 e. The Morgan fingerprint density at radius 2 is 1.88 bits per heavy atom. The monoisotopic (exact) mass is 597 g/mol. The number of hydrogen-bond acceptors (Lipinski definition) is 8. The molecule has 7 rings (SSSR count). The summed E-state index contributed by atoms with van der Waals surface area (Å²) in [5, 5.41) is 6.54. The summed E-state index contributed by atoms with van der Waals surface area (Å²) >= 11 is 14.7. The molecule has 3 aliphatic rings. The number of aromatic nitrogens is 2. The van der Waals surface area contributed by atoms with Crippen molar-refractivity contribution < 1.29 is 18.8 Å². The van der Waals surface area contributed by atoms with Gasteiger partial charge in [0, 0.05) is 30.1 Å². The minimum absolute atomic E-state index is 0.189. The van der Waals surface area contributed by atoms with Crippen LogP contribution >= 0.6 is 34.5 Å². The van der Waals surface area contributed by atoms with Gasteiger partial charge in [-0.15, -0.1) is 0 Å². The van der Waals surface area contributed by atoms with Gasteiger partial charge in [0.2, 0.25) is 0 Å². The third kappa shape index (κ3) is 4.69. The second-order valence-electron chi connectivity index (χ2n) is 11.2. The van der Waals surface area contributed by atoms with E-state index in [4.69, 9.17) is 42.2 Å². The van der Waals surface area contributed by atoms with E-state index in [9.17, 15) is 4.79 Å². The van der Waals surface area contributed by atoms with Gasteiger partial charge >= 0.3 is 5.97 Å². The number of aryl methyl sites for hydroxylation is 1. The zero-order valence-corrected chi connectivity index (χ0v) is 24.6. The molecule has 0 unspecified atom stereocenters. The van der Waals surface area contributed by atoms with Gasteiger partial charge in [-0.05, 0) is 74.3 Å². The number of thiazole rings is 1. The number of esters is 1. The number of rotatable bonds is 7. The minimum atomic E-state index is -0.320. The van der Waals surface area contributed by atoms with E-state index in [0.29, 0.717) is 51.2 Å². The Hall–Kier alpha value is -2.65. The highest BCUT2D eigenvalue weighted by Crippen LogP contribution is 2.47. The Kier molecular flexibility index (Phi) is 6.77. The maximum atomic E-state index is 12.1. The molecule has 2 aliphatic carbocycles. The number of ether oxygens (including phenoxy) is 2. The van der Waals surface area contributed by atoms with E-state index >= 15 is 0 Å². The van der Waals surface area contributed by atoms with Crippen LogP contribution in [-0.4, -0.2) is 42.4 Å². The smallest absolute Gasteiger partial charge is 0.337 e. The Morgan fingerprint density at radius 3 is 2.55 bits per heavy atom. The molecule has 7 nitrogen and oxygen atoms in total. The van der Waals surface area contributed by atoms with Crippen LogP contribution in [0.5, 0.6) is 0 Å². The van der Waals surface area contributed by atoms with Crippen molar-refractivity contribution >= 4 is 55.9 Å². The topological polar surface area (TPSA) is 77.7 Å². The maximum Gasteiger partial charge on any atom is 0.337 e. The first kappa shape index (κ1) is 26.3. The van der Waals surface area contributed by atoms with E-state index in [0.717, 1.165) is 71.0 Å². The summed E-state index contributed by atoms with van der Waals surface area (Å²) in [4.78, 5) is 19.4. The van der Waals surface area contributed by atoms with Crippen LogP contribution < -0.4 is 4.90 Å². The number of benzene rings is 2. The number of carbonyl (C=O) groups is 1. The molecule has 2 aromatic heterocycles. The summed E-state index contributed by atoms with van der Waals surface area (Å²) in [6, 6.07) is 9.23. The molecule has 40 heavy (non-hydrogen) atoms. The van der Waals surface area contributed by atoms with E-state index in [2.05, 4.69) is 10.1 Å². The van der Waals surface area contributed by atoms with Crippen LogP contribution in [0, 0.1) is 18.8 Å². The number of anilines is 1. The maximum absolute atomic E-state index is 12.1. The van der Waals surface area contributed by atoms with E-state index in [1.165, 1.54) is 7.11 Å². The molecule has 208 valence electrons. The summed E-state index contributed by atoms with van der Waals surface area (Å²) in [5.74, 6) is 2.12. The molecule has 0 N–H and O–H groups in total. The number of nitrogens with zero attached hydrogens (tertiary/aromatic N) is 3. The molecule has 4 aromatic rings. The molecule has 2 saturated carbocycles. The first-order chi connectivity index (χ1) is 19.4. The third-order valence-corrected chi connectivity index (χ3v) is 10.2. The molecule has 0 amide bonds. The lowest BCUT2D eigenvalue weighted by atomic mass is 10.0. The van der Waals surface area contributed by atoms with Gasteiger partial charge in [-0.2, -0.15) is 0 Å². The summed E-state index contributed by atoms with van der Waals surface area (Å²) < 4.78 is 18.3. The molecule has 1 aliphatic heterocycles. The van der Waals surface area contributed by atoms with E-state index in [1.54, 1.807) is 11.3 Å². The van der Waals surface area contributed by atoms with Gasteiger partial charge in [-0.1, -0.05) is 45.8 Å². The molecular formula is C30H29Cl2N3O4S. The van der Waals surface area contributed by atoms with Gasteiger partial charge in [0.15, 0.2) is 5.13 Å². The molecule has 10 heteroatoms. The van der Waals surface area contributed by atoms with Gasteiger partial charge in [0.05, 0.1) is 45.6 Å². The number of fused-ring (bicyclic) bond motifs is 2. The van der Waals surface area contributed by atoms with Crippen molar-refractivity contribution in [3.8, 4) is 11.3 Å². The first-order valence-electron chi connectivity index (χ1n) is 13.7. The van der Waals surface area contributed by atoms with Crippen molar-refractivity contribution in [2.45, 2.75) is 51.2 Å². The quantitative estimate of drug-likeness (QED) is 0.202. The lowest BCUT2D eigenvalue weighted by Crippen LogP contribution is -2.23. The highest BCUT2D eigenvalue weighted by Gasteiger charge is 2.43. The van der Waals surface area contributed by atoms with Gasteiger partial charge in [-0.25, -0.2) is 9.78 Å². The summed E-state index contributed by atoms with van der Waals surface area (Å²) in [6.45, 7) is 4.37. The third-order valence-electron chi connectivity index (χ3n) is 8.50. The van der Waals surface area contributed by atoms with Crippen molar-refractivity contribution in [2.24, 2.45) is 11.8 Å². The zero-order valence-electron chi connectivity index (χ0n) is 22.3. The van der Waals surface area contributed by atoms with Crippen molar-refractivity contribution in [1.82, 2.24) is 10.1 Å².